The van der Waals surface area contributed by atoms with Crippen molar-refractivity contribution >= 4 is 52.8 Å². The number of Topliss-reactive ketones (excluding diaryl/α,β-unsaturated/α-hetero) is 2. The van der Waals surface area contributed by atoms with E-state index in [1.54, 1.807) is 35.3 Å². The monoisotopic (exact) mass is 699 g/mol. The number of benzene rings is 2. The highest BCUT2D eigenvalue weighted by atomic mass is 32.2. The molecule has 0 bridgehead atoms. The predicted octanol–water partition coefficient (Wildman–Crippen LogP) is 5.56. The lowest BCUT2D eigenvalue weighted by atomic mass is 9.91. The molecule has 2 heterocycles. The summed E-state index contributed by atoms with van der Waals surface area (Å²) in [6.45, 7) is 16.3. The Labute approximate surface area is 293 Å². The van der Waals surface area contributed by atoms with Gasteiger partial charge in [-0.2, -0.15) is 11.8 Å². The molecular weight excluding hydrogens is 651 g/mol. The van der Waals surface area contributed by atoms with Crippen molar-refractivity contribution in [1.29, 1.82) is 0 Å². The molecule has 47 heavy (non-hydrogen) atoms. The van der Waals surface area contributed by atoms with Gasteiger partial charge in [-0.25, -0.2) is 0 Å². The summed E-state index contributed by atoms with van der Waals surface area (Å²) < 4.78 is 10.8. The van der Waals surface area contributed by atoms with Crippen LogP contribution in [-0.4, -0.2) is 121 Å². The van der Waals surface area contributed by atoms with Crippen molar-refractivity contribution in [2.24, 2.45) is 0 Å². The number of carbonyl (C=O) groups is 3. The second kappa shape index (κ2) is 19.2. The van der Waals surface area contributed by atoms with Gasteiger partial charge < -0.3 is 14.8 Å². The highest BCUT2D eigenvalue weighted by molar-refractivity contribution is 8.00. The van der Waals surface area contributed by atoms with Crippen LogP contribution in [0, 0.1) is 0 Å². The molecule has 1 N–H and O–H groups in total. The van der Waals surface area contributed by atoms with E-state index < -0.39 is 5.54 Å². The molecule has 1 amide bonds. The average molecular weight is 700 g/mol. The van der Waals surface area contributed by atoms with Gasteiger partial charge in [0, 0.05) is 70.7 Å². The van der Waals surface area contributed by atoms with E-state index in [-0.39, 0.29) is 23.5 Å². The van der Waals surface area contributed by atoms with Crippen molar-refractivity contribution in [1.82, 2.24) is 15.1 Å². The first-order valence-corrected chi connectivity index (χ1v) is 19.5. The maximum Gasteiger partial charge on any atom is 0.247 e. The molecule has 2 aromatic rings. The normalized spacial score (nSPS) is 16.8. The van der Waals surface area contributed by atoms with Gasteiger partial charge in [0.1, 0.15) is 0 Å². The standard InChI is InChI=1S/C36H49N3O5S3/c1-27(26-45-23-5-24-46-31-10-6-29(7-11-31)33(40)28(2)38-15-19-43-20-16-38)35(42)37-14-25-47-32-12-8-30(9-13-32)34(41)36(3,4)39-17-21-44-22-18-39/h6-13,28H,1,5,14-26H2,2-4H3,(H,37,42). The second-order valence-corrected chi connectivity index (χ2v) is 15.6. The lowest BCUT2D eigenvalue weighted by molar-refractivity contribution is -0.117. The number of hydrogen-bond donors (Lipinski definition) is 1. The number of carbonyl (C=O) groups excluding carboxylic acids is 3. The minimum absolute atomic E-state index is 0.101. The predicted molar refractivity (Wildman–Crippen MR) is 195 cm³/mol. The van der Waals surface area contributed by atoms with Crippen molar-refractivity contribution in [2.45, 2.75) is 48.6 Å². The van der Waals surface area contributed by atoms with E-state index in [4.69, 9.17) is 9.47 Å². The SMILES string of the molecule is C=C(CSCCCSc1ccc(C(=O)C(C)N2CCOCC2)cc1)C(=O)NCCSc1ccc(C(=O)C(C)(C)N2CCOCC2)cc1. The van der Waals surface area contributed by atoms with E-state index in [0.717, 1.165) is 65.2 Å². The molecule has 2 aromatic carbocycles. The number of thioether (sulfide) groups is 3. The molecular formula is C36H49N3O5S3. The van der Waals surface area contributed by atoms with Crippen LogP contribution >= 0.6 is 35.3 Å². The summed E-state index contributed by atoms with van der Waals surface area (Å²) in [6.07, 6.45) is 1.02. The topological polar surface area (TPSA) is 88.2 Å². The smallest absolute Gasteiger partial charge is 0.247 e. The molecule has 2 aliphatic heterocycles. The first-order valence-electron chi connectivity index (χ1n) is 16.4. The number of ether oxygens (including phenoxy) is 2. The van der Waals surface area contributed by atoms with Crippen molar-refractivity contribution in [3.63, 3.8) is 0 Å². The van der Waals surface area contributed by atoms with Crippen LogP contribution in [0.3, 0.4) is 0 Å². The Morgan fingerprint density at radius 2 is 1.38 bits per heavy atom. The van der Waals surface area contributed by atoms with Crippen molar-refractivity contribution in [2.75, 3.05) is 82.2 Å². The molecule has 1 atom stereocenters. The van der Waals surface area contributed by atoms with Gasteiger partial charge in [0.05, 0.1) is 38.0 Å². The molecule has 2 saturated heterocycles. The summed E-state index contributed by atoms with van der Waals surface area (Å²) >= 11 is 5.16. The van der Waals surface area contributed by atoms with Crippen molar-refractivity contribution < 1.29 is 23.9 Å². The number of rotatable bonds is 18. The van der Waals surface area contributed by atoms with Gasteiger partial charge in [-0.3, -0.25) is 24.2 Å². The highest BCUT2D eigenvalue weighted by Gasteiger charge is 2.35. The third-order valence-electron chi connectivity index (χ3n) is 8.54. The molecule has 0 aliphatic carbocycles. The zero-order valence-corrected chi connectivity index (χ0v) is 30.4. The van der Waals surface area contributed by atoms with Crippen LogP contribution in [0.4, 0.5) is 0 Å². The fraction of sp³-hybridized carbons (Fsp3) is 0.528. The summed E-state index contributed by atoms with van der Waals surface area (Å²) in [5.41, 5.74) is 1.49. The van der Waals surface area contributed by atoms with Gasteiger partial charge in [0.25, 0.3) is 0 Å². The number of ketones is 2. The van der Waals surface area contributed by atoms with E-state index in [9.17, 15) is 14.4 Å². The largest absolute Gasteiger partial charge is 0.379 e. The number of morpholine rings is 2. The molecule has 2 aliphatic rings. The Bertz CT molecular complexity index is 1320. The van der Waals surface area contributed by atoms with Gasteiger partial charge in [-0.05, 0) is 63.0 Å². The van der Waals surface area contributed by atoms with E-state index in [1.807, 2.05) is 69.3 Å². The van der Waals surface area contributed by atoms with Crippen molar-refractivity contribution in [3.05, 3.63) is 71.8 Å². The Hall–Kier alpha value is -2.12. The molecule has 8 nitrogen and oxygen atoms in total. The van der Waals surface area contributed by atoms with Crippen LogP contribution in [-0.2, 0) is 14.3 Å². The summed E-state index contributed by atoms with van der Waals surface area (Å²) in [6, 6.07) is 15.6. The molecule has 0 saturated carbocycles. The Balaban J connectivity index is 1.05. The van der Waals surface area contributed by atoms with Crippen LogP contribution in [0.15, 0.2) is 70.5 Å². The minimum Gasteiger partial charge on any atom is -0.379 e. The zero-order valence-electron chi connectivity index (χ0n) is 28.0. The fourth-order valence-electron chi connectivity index (χ4n) is 5.48. The zero-order chi connectivity index (χ0) is 33.6. The maximum absolute atomic E-state index is 13.2. The maximum atomic E-state index is 13.2. The van der Waals surface area contributed by atoms with Crippen molar-refractivity contribution in [3.8, 4) is 0 Å². The molecule has 1 unspecified atom stereocenters. The number of hydrogen-bond acceptors (Lipinski definition) is 10. The quantitative estimate of drug-likeness (QED) is 0.0924. The molecule has 0 aromatic heterocycles. The lowest BCUT2D eigenvalue weighted by Gasteiger charge is -2.39. The van der Waals surface area contributed by atoms with E-state index >= 15 is 0 Å². The van der Waals surface area contributed by atoms with E-state index in [2.05, 4.69) is 21.7 Å². The lowest BCUT2D eigenvalue weighted by Crippen LogP contribution is -2.54. The highest BCUT2D eigenvalue weighted by Crippen LogP contribution is 2.25. The fourth-order valence-corrected chi connectivity index (χ4v) is 8.15. The molecule has 2 fully saturated rings. The summed E-state index contributed by atoms with van der Waals surface area (Å²) in [4.78, 5) is 45.2. The van der Waals surface area contributed by atoms with Crippen LogP contribution in [0.25, 0.3) is 0 Å². The van der Waals surface area contributed by atoms with Crippen LogP contribution in [0.5, 0.6) is 0 Å². The van der Waals surface area contributed by atoms with Gasteiger partial charge in [-0.1, -0.05) is 30.8 Å². The van der Waals surface area contributed by atoms with Gasteiger partial charge in [0.15, 0.2) is 11.6 Å². The summed E-state index contributed by atoms with van der Waals surface area (Å²) in [5.74, 6) is 3.44. The second-order valence-electron chi connectivity index (χ2n) is 12.2. The van der Waals surface area contributed by atoms with Gasteiger partial charge in [0.2, 0.25) is 5.91 Å². The first-order chi connectivity index (χ1) is 22.7. The number of amides is 1. The van der Waals surface area contributed by atoms with E-state index in [0.29, 0.717) is 49.9 Å². The third kappa shape index (κ3) is 11.5. The third-order valence-corrected chi connectivity index (χ3v) is 11.8. The Kier molecular flexibility index (Phi) is 15.4. The Morgan fingerprint density at radius 1 is 0.830 bits per heavy atom. The summed E-state index contributed by atoms with van der Waals surface area (Å²) in [7, 11) is 0. The van der Waals surface area contributed by atoms with Crippen LogP contribution in [0.2, 0.25) is 0 Å². The number of nitrogens with zero attached hydrogens (tertiary/aromatic N) is 2. The first kappa shape index (κ1) is 37.7. The van der Waals surface area contributed by atoms with Crippen LogP contribution < -0.4 is 5.32 Å². The van der Waals surface area contributed by atoms with Crippen LogP contribution in [0.1, 0.15) is 47.9 Å². The van der Waals surface area contributed by atoms with Gasteiger partial charge in [-0.15, -0.1) is 23.5 Å². The average Bonchev–Trinajstić information content (AvgIpc) is 3.11. The Morgan fingerprint density at radius 3 is 2.00 bits per heavy atom. The minimum atomic E-state index is -0.568. The van der Waals surface area contributed by atoms with E-state index in [1.165, 1.54) is 0 Å². The molecule has 0 radical (unpaired) electrons. The molecule has 4 rings (SSSR count). The molecule has 0 spiro atoms. The van der Waals surface area contributed by atoms with Gasteiger partial charge >= 0.3 is 0 Å². The number of nitrogens with one attached hydrogen (secondary N) is 1. The molecule has 11 heteroatoms. The summed E-state index contributed by atoms with van der Waals surface area (Å²) in [5, 5.41) is 2.97. The molecule has 256 valence electrons.